The molecule has 0 unspecified atom stereocenters. The SMILES string of the molecule is Clc1cc(Cl)cc(NCc2ccc(I)o2)c1. The molecule has 0 radical (unpaired) electrons. The quantitative estimate of drug-likeness (QED) is 0.788. The van der Waals surface area contributed by atoms with E-state index in [1.54, 1.807) is 6.07 Å². The normalized spacial score (nSPS) is 10.4. The zero-order chi connectivity index (χ0) is 11.5. The Hall–Kier alpha value is -0.390. The number of benzene rings is 1. The van der Waals surface area contributed by atoms with Crippen molar-refractivity contribution in [2.75, 3.05) is 5.32 Å². The molecule has 0 atom stereocenters. The number of hydrogen-bond donors (Lipinski definition) is 1. The molecule has 0 amide bonds. The topological polar surface area (TPSA) is 25.2 Å². The lowest BCUT2D eigenvalue weighted by Gasteiger charge is -2.05. The molecule has 0 bridgehead atoms. The fourth-order valence-corrected chi connectivity index (χ4v) is 2.28. The number of anilines is 1. The van der Waals surface area contributed by atoms with Crippen molar-refractivity contribution in [2.45, 2.75) is 6.54 Å². The van der Waals surface area contributed by atoms with Crippen molar-refractivity contribution in [3.05, 3.63) is 49.9 Å². The zero-order valence-corrected chi connectivity index (χ0v) is 11.8. The first-order chi connectivity index (χ1) is 7.63. The van der Waals surface area contributed by atoms with E-state index in [2.05, 4.69) is 27.9 Å². The summed E-state index contributed by atoms with van der Waals surface area (Å²) in [6.07, 6.45) is 0. The van der Waals surface area contributed by atoms with Crippen LogP contribution in [0.2, 0.25) is 10.0 Å². The van der Waals surface area contributed by atoms with Gasteiger partial charge in [-0.05, 0) is 52.9 Å². The summed E-state index contributed by atoms with van der Waals surface area (Å²) in [4.78, 5) is 0. The second-order valence-electron chi connectivity index (χ2n) is 3.22. The molecule has 0 saturated carbocycles. The van der Waals surface area contributed by atoms with Gasteiger partial charge in [0.25, 0.3) is 0 Å². The van der Waals surface area contributed by atoms with E-state index in [0.717, 1.165) is 15.2 Å². The standard InChI is InChI=1S/C11H8Cl2INO/c12-7-3-8(13)5-9(4-7)15-6-10-1-2-11(14)16-10/h1-5,15H,6H2. The second kappa shape index (κ2) is 5.29. The summed E-state index contributed by atoms with van der Waals surface area (Å²) >= 11 is 13.9. The van der Waals surface area contributed by atoms with Crippen LogP contribution in [0.3, 0.4) is 0 Å². The molecule has 0 aliphatic rings. The number of hydrogen-bond acceptors (Lipinski definition) is 2. The molecular formula is C11H8Cl2INO. The van der Waals surface area contributed by atoms with Gasteiger partial charge in [0.1, 0.15) is 5.76 Å². The van der Waals surface area contributed by atoms with Crippen LogP contribution < -0.4 is 5.32 Å². The molecule has 0 aliphatic carbocycles. The van der Waals surface area contributed by atoms with Gasteiger partial charge < -0.3 is 9.73 Å². The third kappa shape index (κ3) is 3.30. The van der Waals surface area contributed by atoms with Gasteiger partial charge in [0.2, 0.25) is 0 Å². The van der Waals surface area contributed by atoms with E-state index in [0.29, 0.717) is 16.6 Å². The highest BCUT2D eigenvalue weighted by Gasteiger charge is 2.01. The zero-order valence-electron chi connectivity index (χ0n) is 8.14. The first-order valence-corrected chi connectivity index (χ1v) is 6.41. The van der Waals surface area contributed by atoms with Crippen LogP contribution >= 0.6 is 45.8 Å². The largest absolute Gasteiger partial charge is 0.454 e. The minimum atomic E-state index is 0.611. The smallest absolute Gasteiger partial charge is 0.164 e. The Balaban J connectivity index is 2.04. The van der Waals surface area contributed by atoms with Crippen molar-refractivity contribution >= 4 is 51.5 Å². The minimum absolute atomic E-state index is 0.611. The van der Waals surface area contributed by atoms with Gasteiger partial charge in [0.05, 0.1) is 6.54 Å². The van der Waals surface area contributed by atoms with Crippen molar-refractivity contribution < 1.29 is 4.42 Å². The fraction of sp³-hybridized carbons (Fsp3) is 0.0909. The molecule has 0 spiro atoms. The van der Waals surface area contributed by atoms with Crippen LogP contribution in [0.1, 0.15) is 5.76 Å². The van der Waals surface area contributed by atoms with E-state index >= 15 is 0 Å². The first kappa shape index (κ1) is 12.1. The Morgan fingerprint density at radius 1 is 1.12 bits per heavy atom. The summed E-state index contributed by atoms with van der Waals surface area (Å²) in [5.74, 6) is 0.875. The summed E-state index contributed by atoms with van der Waals surface area (Å²) in [6.45, 7) is 0.611. The summed E-state index contributed by atoms with van der Waals surface area (Å²) in [6, 6.07) is 9.19. The lowest BCUT2D eigenvalue weighted by molar-refractivity contribution is 0.493. The van der Waals surface area contributed by atoms with Crippen LogP contribution in [0.5, 0.6) is 0 Å². The van der Waals surface area contributed by atoms with Crippen molar-refractivity contribution in [3.63, 3.8) is 0 Å². The van der Waals surface area contributed by atoms with Gasteiger partial charge in [-0.15, -0.1) is 0 Å². The van der Waals surface area contributed by atoms with Gasteiger partial charge in [-0.3, -0.25) is 0 Å². The highest BCUT2D eigenvalue weighted by Crippen LogP contribution is 2.23. The van der Waals surface area contributed by atoms with E-state index in [1.165, 1.54) is 0 Å². The van der Waals surface area contributed by atoms with E-state index in [-0.39, 0.29) is 0 Å². The maximum atomic E-state index is 5.89. The van der Waals surface area contributed by atoms with Crippen molar-refractivity contribution in [3.8, 4) is 0 Å². The molecule has 1 aromatic heterocycles. The lowest BCUT2D eigenvalue weighted by atomic mass is 10.3. The van der Waals surface area contributed by atoms with Crippen LogP contribution in [0, 0.1) is 3.77 Å². The molecule has 2 nitrogen and oxygen atoms in total. The van der Waals surface area contributed by atoms with Crippen molar-refractivity contribution in [2.24, 2.45) is 0 Å². The Morgan fingerprint density at radius 2 is 1.81 bits per heavy atom. The molecule has 1 heterocycles. The lowest BCUT2D eigenvalue weighted by Crippen LogP contribution is -1.97. The summed E-state index contributed by atoms with van der Waals surface area (Å²) in [7, 11) is 0. The summed E-state index contributed by atoms with van der Waals surface area (Å²) in [5.41, 5.74) is 0.879. The van der Waals surface area contributed by atoms with Gasteiger partial charge in [0, 0.05) is 15.7 Å². The minimum Gasteiger partial charge on any atom is -0.454 e. The van der Waals surface area contributed by atoms with Crippen LogP contribution in [0.25, 0.3) is 0 Å². The van der Waals surface area contributed by atoms with Crippen LogP contribution in [0.4, 0.5) is 5.69 Å². The average molecular weight is 368 g/mol. The maximum Gasteiger partial charge on any atom is 0.164 e. The Morgan fingerprint density at radius 3 is 2.38 bits per heavy atom. The molecule has 0 saturated heterocycles. The molecular weight excluding hydrogens is 360 g/mol. The molecule has 2 rings (SSSR count). The molecule has 5 heteroatoms. The Bertz CT molecular complexity index is 478. The first-order valence-electron chi connectivity index (χ1n) is 4.58. The third-order valence-corrected chi connectivity index (χ3v) is 2.97. The fourth-order valence-electron chi connectivity index (χ4n) is 1.29. The van der Waals surface area contributed by atoms with E-state index < -0.39 is 0 Å². The van der Waals surface area contributed by atoms with E-state index in [9.17, 15) is 0 Å². The van der Waals surface area contributed by atoms with Crippen molar-refractivity contribution in [1.29, 1.82) is 0 Å². The van der Waals surface area contributed by atoms with Crippen molar-refractivity contribution in [1.82, 2.24) is 0 Å². The van der Waals surface area contributed by atoms with Gasteiger partial charge in [-0.1, -0.05) is 23.2 Å². The Labute approximate surface area is 117 Å². The average Bonchev–Trinajstić information content (AvgIpc) is 2.60. The molecule has 0 aliphatic heterocycles. The molecule has 1 N–H and O–H groups in total. The Kier molecular flexibility index (Phi) is 4.00. The van der Waals surface area contributed by atoms with E-state index in [1.807, 2.05) is 24.3 Å². The third-order valence-electron chi connectivity index (χ3n) is 1.96. The summed E-state index contributed by atoms with van der Waals surface area (Å²) in [5, 5.41) is 4.42. The number of furan rings is 1. The molecule has 2 aromatic rings. The van der Waals surface area contributed by atoms with Gasteiger partial charge in [0.15, 0.2) is 3.77 Å². The highest BCUT2D eigenvalue weighted by atomic mass is 127. The monoisotopic (exact) mass is 367 g/mol. The number of rotatable bonds is 3. The highest BCUT2D eigenvalue weighted by molar-refractivity contribution is 14.1. The van der Waals surface area contributed by atoms with Crippen LogP contribution in [-0.2, 0) is 6.54 Å². The van der Waals surface area contributed by atoms with Gasteiger partial charge in [-0.25, -0.2) is 0 Å². The van der Waals surface area contributed by atoms with Gasteiger partial charge >= 0.3 is 0 Å². The van der Waals surface area contributed by atoms with Gasteiger partial charge in [-0.2, -0.15) is 0 Å². The number of halogens is 3. The molecule has 16 heavy (non-hydrogen) atoms. The summed E-state index contributed by atoms with van der Waals surface area (Å²) < 4.78 is 6.30. The predicted molar refractivity (Wildman–Crippen MR) is 75.2 cm³/mol. The predicted octanol–water partition coefficient (Wildman–Crippen LogP) is 4.80. The maximum absolute atomic E-state index is 5.89. The van der Waals surface area contributed by atoms with Crippen LogP contribution in [-0.4, -0.2) is 0 Å². The second-order valence-corrected chi connectivity index (χ2v) is 5.15. The number of nitrogens with one attached hydrogen (secondary N) is 1. The van der Waals surface area contributed by atoms with E-state index in [4.69, 9.17) is 27.6 Å². The van der Waals surface area contributed by atoms with Crippen LogP contribution in [0.15, 0.2) is 34.7 Å². The molecule has 84 valence electrons. The molecule has 0 fully saturated rings. The molecule has 1 aromatic carbocycles.